The number of nitrogens with one attached hydrogen (secondary N) is 3. The van der Waals surface area contributed by atoms with Gasteiger partial charge in [-0.3, -0.25) is 9.59 Å². The number of imidazole rings is 1. The number of benzene rings is 2. The van der Waals surface area contributed by atoms with Gasteiger partial charge in [-0.1, -0.05) is 12.1 Å². The van der Waals surface area contributed by atoms with Crippen LogP contribution in [0.5, 0.6) is 11.5 Å². The van der Waals surface area contributed by atoms with Gasteiger partial charge < -0.3 is 25.1 Å². The van der Waals surface area contributed by atoms with Gasteiger partial charge in [0.05, 0.1) is 37.3 Å². The minimum atomic E-state index is -0.368. The number of aromatic nitrogens is 2. The van der Waals surface area contributed by atoms with Crippen LogP contribution in [0.1, 0.15) is 30.0 Å². The van der Waals surface area contributed by atoms with E-state index in [1.165, 1.54) is 0 Å². The average molecular weight is 396 g/mol. The minimum Gasteiger partial charge on any atom is -0.490 e. The van der Waals surface area contributed by atoms with E-state index in [4.69, 9.17) is 9.47 Å². The fourth-order valence-electron chi connectivity index (χ4n) is 2.79. The summed E-state index contributed by atoms with van der Waals surface area (Å²) in [5, 5.41) is 5.34. The Balaban J connectivity index is 1.52. The molecule has 3 aromatic rings. The third-order valence-corrected chi connectivity index (χ3v) is 4.11. The molecule has 0 spiro atoms. The van der Waals surface area contributed by atoms with Crippen molar-refractivity contribution in [2.45, 2.75) is 20.4 Å². The van der Waals surface area contributed by atoms with Crippen LogP contribution in [0.4, 0.5) is 0 Å². The summed E-state index contributed by atoms with van der Waals surface area (Å²) in [4.78, 5) is 32.0. The average Bonchev–Trinajstić information content (AvgIpc) is 3.15. The Bertz CT molecular complexity index is 966. The number of aromatic amines is 1. The van der Waals surface area contributed by atoms with Crippen LogP contribution in [0.3, 0.4) is 0 Å². The predicted octanol–water partition coefficient (Wildman–Crippen LogP) is 2.41. The van der Waals surface area contributed by atoms with E-state index in [1.807, 2.05) is 38.1 Å². The molecule has 0 atom stereocenters. The molecule has 2 aromatic carbocycles. The number of H-pyrrole nitrogens is 1. The summed E-state index contributed by atoms with van der Waals surface area (Å²) in [5.74, 6) is 1.05. The van der Waals surface area contributed by atoms with Crippen LogP contribution in [-0.2, 0) is 11.3 Å². The third-order valence-electron chi connectivity index (χ3n) is 4.11. The van der Waals surface area contributed by atoms with Crippen molar-refractivity contribution in [3.05, 3.63) is 53.9 Å². The summed E-state index contributed by atoms with van der Waals surface area (Å²) in [7, 11) is 0. The first-order valence-corrected chi connectivity index (χ1v) is 9.48. The van der Waals surface area contributed by atoms with Gasteiger partial charge in [0.15, 0.2) is 11.5 Å². The van der Waals surface area contributed by atoms with E-state index >= 15 is 0 Å². The van der Waals surface area contributed by atoms with Crippen molar-refractivity contribution in [3.8, 4) is 11.5 Å². The summed E-state index contributed by atoms with van der Waals surface area (Å²) in [5.41, 5.74) is 2.14. The van der Waals surface area contributed by atoms with E-state index in [-0.39, 0.29) is 24.9 Å². The first-order valence-electron chi connectivity index (χ1n) is 9.48. The summed E-state index contributed by atoms with van der Waals surface area (Å²) < 4.78 is 11.0. The Morgan fingerprint density at radius 2 is 1.76 bits per heavy atom. The van der Waals surface area contributed by atoms with Crippen LogP contribution in [0, 0.1) is 0 Å². The topological polar surface area (TPSA) is 105 Å². The lowest BCUT2D eigenvalue weighted by molar-refractivity contribution is -0.120. The van der Waals surface area contributed by atoms with Crippen molar-refractivity contribution in [2.24, 2.45) is 0 Å². The quantitative estimate of drug-likeness (QED) is 0.515. The summed E-state index contributed by atoms with van der Waals surface area (Å²) in [6.07, 6.45) is 0. The monoisotopic (exact) mass is 396 g/mol. The summed E-state index contributed by atoms with van der Waals surface area (Å²) in [6.45, 7) is 4.79. The Hall–Kier alpha value is -3.55. The van der Waals surface area contributed by atoms with E-state index < -0.39 is 0 Å². The van der Waals surface area contributed by atoms with E-state index in [9.17, 15) is 9.59 Å². The predicted molar refractivity (Wildman–Crippen MR) is 109 cm³/mol. The van der Waals surface area contributed by atoms with Crippen LogP contribution < -0.4 is 20.1 Å². The second-order valence-corrected chi connectivity index (χ2v) is 6.19. The Morgan fingerprint density at radius 1 is 1.00 bits per heavy atom. The van der Waals surface area contributed by atoms with Crippen LogP contribution in [-0.4, -0.2) is 41.5 Å². The van der Waals surface area contributed by atoms with E-state index in [2.05, 4.69) is 20.6 Å². The fraction of sp³-hybridized carbons (Fsp3) is 0.286. The van der Waals surface area contributed by atoms with Gasteiger partial charge in [-0.05, 0) is 44.2 Å². The number of hydrogen-bond donors (Lipinski definition) is 3. The molecule has 0 aliphatic heterocycles. The van der Waals surface area contributed by atoms with Crippen LogP contribution in [0.2, 0.25) is 0 Å². The van der Waals surface area contributed by atoms with Gasteiger partial charge >= 0.3 is 0 Å². The second kappa shape index (κ2) is 9.59. The molecule has 8 heteroatoms. The summed E-state index contributed by atoms with van der Waals surface area (Å²) >= 11 is 0. The van der Waals surface area contributed by atoms with Gasteiger partial charge in [0, 0.05) is 5.56 Å². The van der Waals surface area contributed by atoms with E-state index in [0.29, 0.717) is 36.1 Å². The molecule has 1 aromatic heterocycles. The molecule has 3 N–H and O–H groups in total. The van der Waals surface area contributed by atoms with Crippen LogP contribution in [0.15, 0.2) is 42.5 Å². The van der Waals surface area contributed by atoms with E-state index in [1.54, 1.807) is 18.2 Å². The molecule has 152 valence electrons. The van der Waals surface area contributed by atoms with Crippen molar-refractivity contribution in [2.75, 3.05) is 19.8 Å². The van der Waals surface area contributed by atoms with Crippen LogP contribution in [0.25, 0.3) is 11.0 Å². The van der Waals surface area contributed by atoms with Gasteiger partial charge in [0.2, 0.25) is 5.91 Å². The van der Waals surface area contributed by atoms with Crippen molar-refractivity contribution in [1.82, 2.24) is 20.6 Å². The SMILES string of the molecule is CCOc1ccc(C(=O)NCC(=O)NCc2nc3ccccc3[nH]2)cc1OCC. The van der Waals surface area contributed by atoms with Gasteiger partial charge in [-0.15, -0.1) is 0 Å². The van der Waals surface area contributed by atoms with Crippen molar-refractivity contribution < 1.29 is 19.1 Å². The lowest BCUT2D eigenvalue weighted by Gasteiger charge is -2.12. The van der Waals surface area contributed by atoms with Crippen LogP contribution >= 0.6 is 0 Å². The largest absolute Gasteiger partial charge is 0.490 e. The molecule has 3 rings (SSSR count). The maximum atomic E-state index is 12.4. The highest BCUT2D eigenvalue weighted by Gasteiger charge is 2.13. The first kappa shape index (κ1) is 20.2. The number of hydrogen-bond acceptors (Lipinski definition) is 5. The molecule has 0 radical (unpaired) electrons. The smallest absolute Gasteiger partial charge is 0.251 e. The number of nitrogens with zero attached hydrogens (tertiary/aromatic N) is 1. The van der Waals surface area contributed by atoms with Gasteiger partial charge in [0.25, 0.3) is 5.91 Å². The zero-order chi connectivity index (χ0) is 20.6. The molecule has 0 aliphatic rings. The standard InChI is InChI=1S/C21H24N4O4/c1-3-28-17-10-9-14(11-18(17)29-4-2)21(27)23-13-20(26)22-12-19-24-15-7-5-6-8-16(15)25-19/h5-11H,3-4,12-13H2,1-2H3,(H,22,26)(H,23,27)(H,24,25). The second-order valence-electron chi connectivity index (χ2n) is 6.19. The zero-order valence-electron chi connectivity index (χ0n) is 16.5. The number of rotatable bonds is 9. The molecule has 0 unspecified atom stereocenters. The van der Waals surface area contributed by atoms with Crippen molar-refractivity contribution in [1.29, 1.82) is 0 Å². The van der Waals surface area contributed by atoms with Gasteiger partial charge in [-0.2, -0.15) is 0 Å². The summed E-state index contributed by atoms with van der Waals surface area (Å²) in [6, 6.07) is 12.6. The van der Waals surface area contributed by atoms with Gasteiger partial charge in [0.1, 0.15) is 5.82 Å². The number of ether oxygens (including phenoxy) is 2. The third kappa shape index (κ3) is 5.25. The maximum Gasteiger partial charge on any atom is 0.251 e. The molecule has 0 saturated heterocycles. The van der Waals surface area contributed by atoms with Gasteiger partial charge in [-0.25, -0.2) is 4.98 Å². The molecular weight excluding hydrogens is 372 g/mol. The lowest BCUT2D eigenvalue weighted by atomic mass is 10.2. The number of amides is 2. The van der Waals surface area contributed by atoms with Crippen molar-refractivity contribution in [3.63, 3.8) is 0 Å². The highest BCUT2D eigenvalue weighted by molar-refractivity contribution is 5.97. The number of carbonyl (C=O) groups excluding carboxylic acids is 2. The number of para-hydroxylation sites is 2. The fourth-order valence-corrected chi connectivity index (χ4v) is 2.79. The highest BCUT2D eigenvalue weighted by Crippen LogP contribution is 2.28. The zero-order valence-corrected chi connectivity index (χ0v) is 16.5. The molecule has 0 saturated carbocycles. The molecule has 0 fully saturated rings. The Morgan fingerprint density at radius 3 is 2.52 bits per heavy atom. The lowest BCUT2D eigenvalue weighted by Crippen LogP contribution is -2.36. The Labute approximate surface area is 168 Å². The first-order chi connectivity index (χ1) is 14.1. The van der Waals surface area contributed by atoms with E-state index in [0.717, 1.165) is 11.0 Å². The molecule has 0 bridgehead atoms. The molecule has 2 amide bonds. The molecule has 1 heterocycles. The maximum absolute atomic E-state index is 12.4. The highest BCUT2D eigenvalue weighted by atomic mass is 16.5. The molecule has 29 heavy (non-hydrogen) atoms. The molecular formula is C21H24N4O4. The minimum absolute atomic E-state index is 0.143. The normalized spacial score (nSPS) is 10.6. The Kier molecular flexibility index (Phi) is 6.67. The van der Waals surface area contributed by atoms with Crippen molar-refractivity contribution >= 4 is 22.8 Å². The molecule has 8 nitrogen and oxygen atoms in total. The molecule has 0 aliphatic carbocycles. The number of fused-ring (bicyclic) bond motifs is 1. The number of carbonyl (C=O) groups is 2.